The lowest BCUT2D eigenvalue weighted by atomic mass is 10.0. The van der Waals surface area contributed by atoms with Gasteiger partial charge in [0.25, 0.3) is 0 Å². The van der Waals surface area contributed by atoms with Crippen molar-refractivity contribution in [2.45, 2.75) is 19.8 Å². The fourth-order valence-electron chi connectivity index (χ4n) is 2.35. The molecule has 140 valence electrons. The summed E-state index contributed by atoms with van der Waals surface area (Å²) in [6, 6.07) is 9.88. The number of nitrogens with one attached hydrogen (secondary N) is 1. The van der Waals surface area contributed by atoms with Gasteiger partial charge in [0.1, 0.15) is 23.9 Å². The van der Waals surface area contributed by atoms with Gasteiger partial charge in [-0.15, -0.1) is 0 Å². The molecule has 0 heterocycles. The van der Waals surface area contributed by atoms with Crippen LogP contribution in [0.5, 0.6) is 0 Å². The maximum absolute atomic E-state index is 13.6. The molecule has 0 aliphatic rings. The molecule has 1 amide bonds. The number of halogens is 2. The quantitative estimate of drug-likeness (QED) is 0.832. The Labute approximate surface area is 151 Å². The molecule has 0 unspecified atom stereocenters. The molecule has 2 aromatic rings. The molecule has 0 aliphatic carbocycles. The molecule has 26 heavy (non-hydrogen) atoms. The molecular weight excluding hydrogens is 362 g/mol. The number of para-hydroxylation sites is 1. The molecule has 2 rings (SSSR count). The lowest BCUT2D eigenvalue weighted by Crippen LogP contribution is -2.37. The molecule has 1 N–H and O–H groups in total. The topological polar surface area (TPSA) is 66.5 Å². The first-order chi connectivity index (χ1) is 12.1. The smallest absolute Gasteiger partial charge is 0.245 e. The number of hydrogen-bond acceptors (Lipinski definition) is 3. The van der Waals surface area contributed by atoms with Gasteiger partial charge in [0.2, 0.25) is 15.9 Å². The third kappa shape index (κ3) is 4.78. The van der Waals surface area contributed by atoms with E-state index in [1.807, 2.05) is 13.8 Å². The molecule has 0 aromatic heterocycles. The Morgan fingerprint density at radius 3 is 2.08 bits per heavy atom. The van der Waals surface area contributed by atoms with E-state index in [1.54, 1.807) is 24.3 Å². The Kier molecular flexibility index (Phi) is 5.97. The maximum Gasteiger partial charge on any atom is 0.245 e. The Balaban J connectivity index is 2.24. The monoisotopic (exact) mass is 382 g/mol. The van der Waals surface area contributed by atoms with Crippen molar-refractivity contribution >= 4 is 27.3 Å². The molecule has 0 atom stereocenters. The van der Waals surface area contributed by atoms with Crippen molar-refractivity contribution in [1.29, 1.82) is 0 Å². The van der Waals surface area contributed by atoms with Crippen molar-refractivity contribution in [3.05, 3.63) is 59.7 Å². The lowest BCUT2D eigenvalue weighted by Gasteiger charge is -2.22. The second-order valence-electron chi connectivity index (χ2n) is 6.16. The van der Waals surface area contributed by atoms with Gasteiger partial charge in [-0.05, 0) is 35.7 Å². The molecule has 0 saturated heterocycles. The zero-order valence-electron chi connectivity index (χ0n) is 14.7. The van der Waals surface area contributed by atoms with Crippen LogP contribution >= 0.6 is 0 Å². The third-order valence-electron chi connectivity index (χ3n) is 3.76. The van der Waals surface area contributed by atoms with Crippen LogP contribution in [0.3, 0.4) is 0 Å². The van der Waals surface area contributed by atoms with Crippen LogP contribution in [0.15, 0.2) is 42.5 Å². The number of anilines is 2. The first-order valence-electron chi connectivity index (χ1n) is 7.91. The van der Waals surface area contributed by atoms with Crippen molar-refractivity contribution in [1.82, 2.24) is 0 Å². The third-order valence-corrected chi connectivity index (χ3v) is 4.90. The fraction of sp³-hybridized carbons (Fsp3) is 0.278. The highest BCUT2D eigenvalue weighted by atomic mass is 32.2. The van der Waals surface area contributed by atoms with Gasteiger partial charge in [-0.25, -0.2) is 17.2 Å². The summed E-state index contributed by atoms with van der Waals surface area (Å²) >= 11 is 0. The average Bonchev–Trinajstić information content (AvgIpc) is 2.55. The van der Waals surface area contributed by atoms with Crippen molar-refractivity contribution in [3.63, 3.8) is 0 Å². The summed E-state index contributed by atoms with van der Waals surface area (Å²) in [5, 5.41) is 2.09. The molecule has 0 fully saturated rings. The second kappa shape index (κ2) is 7.82. The van der Waals surface area contributed by atoms with Crippen molar-refractivity contribution in [2.24, 2.45) is 0 Å². The number of sulfonamides is 1. The van der Waals surface area contributed by atoms with Gasteiger partial charge in [0, 0.05) is 0 Å². The van der Waals surface area contributed by atoms with E-state index in [1.165, 1.54) is 6.07 Å². The van der Waals surface area contributed by atoms with Crippen molar-refractivity contribution < 1.29 is 22.0 Å². The fourth-order valence-corrected chi connectivity index (χ4v) is 3.21. The number of carbonyl (C=O) groups is 1. The first-order valence-corrected chi connectivity index (χ1v) is 9.76. The van der Waals surface area contributed by atoms with Crippen LogP contribution in [0.25, 0.3) is 0 Å². The molecule has 8 heteroatoms. The molecule has 0 radical (unpaired) electrons. The molecule has 0 saturated carbocycles. The van der Waals surface area contributed by atoms with Gasteiger partial charge in [-0.3, -0.25) is 9.10 Å². The molecule has 0 spiro atoms. The molecule has 0 aliphatic heterocycles. The van der Waals surface area contributed by atoms with Gasteiger partial charge in [0.15, 0.2) is 0 Å². The van der Waals surface area contributed by atoms with E-state index in [2.05, 4.69) is 5.32 Å². The van der Waals surface area contributed by atoms with Gasteiger partial charge >= 0.3 is 0 Å². The van der Waals surface area contributed by atoms with Crippen LogP contribution in [0, 0.1) is 11.6 Å². The highest BCUT2D eigenvalue weighted by Crippen LogP contribution is 2.23. The molecular formula is C18H20F2N2O3S. The first kappa shape index (κ1) is 19.8. The van der Waals surface area contributed by atoms with E-state index in [-0.39, 0.29) is 5.92 Å². The van der Waals surface area contributed by atoms with Crippen LogP contribution < -0.4 is 9.62 Å². The number of rotatable bonds is 6. The normalized spacial score (nSPS) is 11.5. The highest BCUT2D eigenvalue weighted by molar-refractivity contribution is 7.92. The summed E-state index contributed by atoms with van der Waals surface area (Å²) in [6.07, 6.45) is 0.959. The number of nitrogens with zero attached hydrogens (tertiary/aromatic N) is 1. The van der Waals surface area contributed by atoms with Crippen LogP contribution in [-0.2, 0) is 14.8 Å². The number of amides is 1. The highest BCUT2D eigenvalue weighted by Gasteiger charge is 2.22. The standard InChI is InChI=1S/C18H20F2N2O3S/c1-12(2)13-7-9-14(10-8-13)22(26(3,24)25)11-17(23)21-18-15(19)5-4-6-16(18)20/h4-10,12H,11H2,1-3H3,(H,21,23). The van der Waals surface area contributed by atoms with E-state index < -0.39 is 39.8 Å². The Hall–Kier alpha value is -2.48. The minimum atomic E-state index is -3.77. The predicted octanol–water partition coefficient (Wildman–Crippen LogP) is 3.49. The summed E-state index contributed by atoms with van der Waals surface area (Å²) in [5.41, 5.74) is 0.697. The predicted molar refractivity (Wildman–Crippen MR) is 97.7 cm³/mol. The Bertz CT molecular complexity index is 877. The minimum Gasteiger partial charge on any atom is -0.320 e. The zero-order chi connectivity index (χ0) is 19.5. The van der Waals surface area contributed by atoms with Gasteiger partial charge in [-0.2, -0.15) is 0 Å². The van der Waals surface area contributed by atoms with Crippen LogP contribution in [0.1, 0.15) is 25.3 Å². The van der Waals surface area contributed by atoms with E-state index in [0.717, 1.165) is 28.3 Å². The molecule has 0 bridgehead atoms. The second-order valence-corrected chi connectivity index (χ2v) is 8.07. The van der Waals surface area contributed by atoms with Crippen LogP contribution in [-0.4, -0.2) is 27.1 Å². The number of hydrogen-bond donors (Lipinski definition) is 1. The zero-order valence-corrected chi connectivity index (χ0v) is 15.5. The van der Waals surface area contributed by atoms with Crippen molar-refractivity contribution in [2.75, 3.05) is 22.4 Å². The van der Waals surface area contributed by atoms with E-state index in [0.29, 0.717) is 5.69 Å². The molecule has 2 aromatic carbocycles. The summed E-state index contributed by atoms with van der Waals surface area (Å²) in [7, 11) is -3.77. The van der Waals surface area contributed by atoms with Crippen LogP contribution in [0.4, 0.5) is 20.2 Å². The van der Waals surface area contributed by atoms with E-state index in [4.69, 9.17) is 0 Å². The summed E-state index contributed by atoms with van der Waals surface area (Å²) in [4.78, 5) is 12.2. The average molecular weight is 382 g/mol. The van der Waals surface area contributed by atoms with Gasteiger partial charge in [0.05, 0.1) is 11.9 Å². The largest absolute Gasteiger partial charge is 0.320 e. The SMILES string of the molecule is CC(C)c1ccc(N(CC(=O)Nc2c(F)cccc2F)S(C)(=O)=O)cc1. The Morgan fingerprint density at radius 2 is 1.62 bits per heavy atom. The lowest BCUT2D eigenvalue weighted by molar-refractivity contribution is -0.114. The van der Waals surface area contributed by atoms with E-state index >= 15 is 0 Å². The number of benzene rings is 2. The maximum atomic E-state index is 13.6. The summed E-state index contributed by atoms with van der Waals surface area (Å²) in [5.74, 6) is -2.47. The minimum absolute atomic E-state index is 0.267. The van der Waals surface area contributed by atoms with Gasteiger partial charge in [-0.1, -0.05) is 32.0 Å². The van der Waals surface area contributed by atoms with Crippen LogP contribution in [0.2, 0.25) is 0 Å². The molecule has 5 nitrogen and oxygen atoms in total. The van der Waals surface area contributed by atoms with E-state index in [9.17, 15) is 22.0 Å². The Morgan fingerprint density at radius 1 is 1.08 bits per heavy atom. The summed E-state index contributed by atoms with van der Waals surface area (Å²) < 4.78 is 52.3. The van der Waals surface area contributed by atoms with Gasteiger partial charge < -0.3 is 5.32 Å². The number of carbonyl (C=O) groups excluding carboxylic acids is 1. The summed E-state index contributed by atoms with van der Waals surface area (Å²) in [6.45, 7) is 3.40. The van der Waals surface area contributed by atoms with Crippen molar-refractivity contribution in [3.8, 4) is 0 Å².